The highest BCUT2D eigenvalue weighted by atomic mass is 16.5. The summed E-state index contributed by atoms with van der Waals surface area (Å²) in [6.45, 7) is 7.26. The highest BCUT2D eigenvalue weighted by Gasteiger charge is 2.21. The molecule has 0 bridgehead atoms. The maximum absolute atomic E-state index is 6.17. The molecule has 0 saturated heterocycles. The third kappa shape index (κ3) is 3.05. The third-order valence-corrected chi connectivity index (χ3v) is 4.21. The van der Waals surface area contributed by atoms with Crippen molar-refractivity contribution in [2.24, 2.45) is 11.7 Å². The molecule has 0 amide bonds. The average Bonchev–Trinajstić information content (AvgIpc) is 2.37. The number of aryl methyl sites for hydroxylation is 3. The first-order chi connectivity index (χ1) is 8.60. The zero-order valence-electron chi connectivity index (χ0n) is 11.8. The summed E-state index contributed by atoms with van der Waals surface area (Å²) in [5, 5.41) is 0. The van der Waals surface area contributed by atoms with Crippen LogP contribution in [0.15, 0.2) is 12.1 Å². The lowest BCUT2D eigenvalue weighted by Gasteiger charge is -2.29. The predicted octanol–water partition coefficient (Wildman–Crippen LogP) is 3.51. The summed E-state index contributed by atoms with van der Waals surface area (Å²) in [5.41, 5.74) is 9.62. The molecule has 1 aliphatic rings. The van der Waals surface area contributed by atoms with Gasteiger partial charge in [-0.05, 0) is 81.7 Å². The molecule has 0 radical (unpaired) electrons. The number of ether oxygens (including phenoxy) is 1. The van der Waals surface area contributed by atoms with Gasteiger partial charge in [-0.2, -0.15) is 0 Å². The van der Waals surface area contributed by atoms with Crippen LogP contribution in [0.3, 0.4) is 0 Å². The van der Waals surface area contributed by atoms with Crippen LogP contribution in [0.2, 0.25) is 0 Å². The molecule has 2 nitrogen and oxygen atoms in total. The van der Waals surface area contributed by atoms with Crippen LogP contribution in [-0.2, 0) is 0 Å². The summed E-state index contributed by atoms with van der Waals surface area (Å²) in [5.74, 6) is 1.78. The normalized spacial score (nSPS) is 24.0. The van der Waals surface area contributed by atoms with Crippen LogP contribution in [0.5, 0.6) is 5.75 Å². The monoisotopic (exact) mass is 247 g/mol. The fourth-order valence-electron chi connectivity index (χ4n) is 2.73. The highest BCUT2D eigenvalue weighted by Crippen LogP contribution is 2.29. The minimum atomic E-state index is 0.383. The van der Waals surface area contributed by atoms with E-state index in [9.17, 15) is 0 Å². The molecule has 0 heterocycles. The molecule has 0 aromatic heterocycles. The molecule has 2 rings (SSSR count). The van der Waals surface area contributed by atoms with Crippen LogP contribution in [-0.4, -0.2) is 12.6 Å². The summed E-state index contributed by atoms with van der Waals surface area (Å²) < 4.78 is 6.17. The van der Waals surface area contributed by atoms with Gasteiger partial charge in [-0.25, -0.2) is 0 Å². The minimum Gasteiger partial charge on any atom is -0.490 e. The lowest BCUT2D eigenvalue weighted by Crippen LogP contribution is -2.27. The second-order valence-corrected chi connectivity index (χ2v) is 5.70. The number of hydrogen-bond acceptors (Lipinski definition) is 2. The van der Waals surface area contributed by atoms with Gasteiger partial charge in [0.1, 0.15) is 5.75 Å². The van der Waals surface area contributed by atoms with E-state index in [1.807, 2.05) is 0 Å². The summed E-state index contributed by atoms with van der Waals surface area (Å²) >= 11 is 0. The van der Waals surface area contributed by atoms with Crippen molar-refractivity contribution < 1.29 is 4.74 Å². The molecule has 1 fully saturated rings. The first-order valence-electron chi connectivity index (χ1n) is 7.04. The smallest absolute Gasteiger partial charge is 0.122 e. The van der Waals surface area contributed by atoms with E-state index in [1.165, 1.54) is 29.5 Å². The largest absolute Gasteiger partial charge is 0.490 e. The molecule has 0 aliphatic heterocycles. The van der Waals surface area contributed by atoms with Crippen molar-refractivity contribution in [3.05, 3.63) is 28.8 Å². The summed E-state index contributed by atoms with van der Waals surface area (Å²) in [7, 11) is 0. The van der Waals surface area contributed by atoms with Crippen molar-refractivity contribution in [3.8, 4) is 5.75 Å². The standard InChI is InChI=1S/C16H25NO/c1-11-8-13(3)16(9-12(11)2)18-15-6-4-14(10-17)5-7-15/h8-9,14-15H,4-7,10,17H2,1-3H3. The second-order valence-electron chi connectivity index (χ2n) is 5.70. The number of hydrogen-bond donors (Lipinski definition) is 1. The van der Waals surface area contributed by atoms with Crippen molar-refractivity contribution >= 4 is 0 Å². The van der Waals surface area contributed by atoms with E-state index in [0.717, 1.165) is 25.1 Å². The molecule has 100 valence electrons. The summed E-state index contributed by atoms with van der Waals surface area (Å²) in [6.07, 6.45) is 5.10. The van der Waals surface area contributed by atoms with E-state index in [2.05, 4.69) is 32.9 Å². The molecule has 0 atom stereocenters. The van der Waals surface area contributed by atoms with Gasteiger partial charge < -0.3 is 10.5 Å². The quantitative estimate of drug-likeness (QED) is 0.887. The van der Waals surface area contributed by atoms with E-state index in [4.69, 9.17) is 10.5 Å². The first-order valence-corrected chi connectivity index (χ1v) is 7.04. The van der Waals surface area contributed by atoms with Gasteiger partial charge in [0.25, 0.3) is 0 Å². The van der Waals surface area contributed by atoms with Crippen molar-refractivity contribution in [2.45, 2.75) is 52.6 Å². The summed E-state index contributed by atoms with van der Waals surface area (Å²) in [4.78, 5) is 0. The van der Waals surface area contributed by atoms with Gasteiger partial charge in [0.15, 0.2) is 0 Å². The Balaban J connectivity index is 2.00. The van der Waals surface area contributed by atoms with Crippen molar-refractivity contribution in [3.63, 3.8) is 0 Å². The summed E-state index contributed by atoms with van der Waals surface area (Å²) in [6, 6.07) is 4.40. The van der Waals surface area contributed by atoms with Crippen LogP contribution in [0.4, 0.5) is 0 Å². The Morgan fingerprint density at radius 1 is 1.00 bits per heavy atom. The number of nitrogens with two attached hydrogens (primary N) is 1. The Bertz CT molecular complexity index is 406. The van der Waals surface area contributed by atoms with Crippen molar-refractivity contribution in [1.29, 1.82) is 0 Å². The Morgan fingerprint density at radius 2 is 1.61 bits per heavy atom. The Kier molecular flexibility index (Phi) is 4.28. The van der Waals surface area contributed by atoms with Crippen molar-refractivity contribution in [1.82, 2.24) is 0 Å². The lowest BCUT2D eigenvalue weighted by molar-refractivity contribution is 0.132. The molecule has 2 N–H and O–H groups in total. The van der Waals surface area contributed by atoms with E-state index >= 15 is 0 Å². The highest BCUT2D eigenvalue weighted by molar-refractivity contribution is 5.41. The number of benzene rings is 1. The maximum Gasteiger partial charge on any atom is 0.122 e. The molecule has 0 unspecified atom stereocenters. The minimum absolute atomic E-state index is 0.383. The SMILES string of the molecule is Cc1cc(C)c(OC2CCC(CN)CC2)cc1C. The van der Waals surface area contributed by atoms with Gasteiger partial charge in [0.05, 0.1) is 6.10 Å². The van der Waals surface area contributed by atoms with Crippen LogP contribution in [0.1, 0.15) is 42.4 Å². The Morgan fingerprint density at radius 3 is 2.22 bits per heavy atom. The van der Waals surface area contributed by atoms with Gasteiger partial charge in [0, 0.05) is 0 Å². The molecule has 18 heavy (non-hydrogen) atoms. The van der Waals surface area contributed by atoms with Crippen LogP contribution >= 0.6 is 0 Å². The Labute approximate surface area is 111 Å². The van der Waals surface area contributed by atoms with E-state index in [1.54, 1.807) is 0 Å². The molecule has 1 aromatic rings. The van der Waals surface area contributed by atoms with E-state index in [0.29, 0.717) is 12.0 Å². The average molecular weight is 247 g/mol. The maximum atomic E-state index is 6.17. The molecule has 2 heteroatoms. The lowest BCUT2D eigenvalue weighted by atomic mass is 9.87. The van der Waals surface area contributed by atoms with Gasteiger partial charge in [-0.15, -0.1) is 0 Å². The zero-order chi connectivity index (χ0) is 13.1. The van der Waals surface area contributed by atoms with Gasteiger partial charge in [-0.1, -0.05) is 6.07 Å². The van der Waals surface area contributed by atoms with Crippen LogP contribution in [0.25, 0.3) is 0 Å². The van der Waals surface area contributed by atoms with Crippen LogP contribution in [0, 0.1) is 26.7 Å². The molecule has 1 aliphatic carbocycles. The fraction of sp³-hybridized carbons (Fsp3) is 0.625. The molecule has 0 spiro atoms. The predicted molar refractivity (Wildman–Crippen MR) is 76.1 cm³/mol. The van der Waals surface area contributed by atoms with E-state index < -0.39 is 0 Å². The first kappa shape index (κ1) is 13.4. The molecule has 1 saturated carbocycles. The van der Waals surface area contributed by atoms with Crippen molar-refractivity contribution in [2.75, 3.05) is 6.54 Å². The Hall–Kier alpha value is -1.02. The van der Waals surface area contributed by atoms with Gasteiger partial charge in [-0.3, -0.25) is 0 Å². The topological polar surface area (TPSA) is 35.2 Å². The second kappa shape index (κ2) is 5.75. The van der Waals surface area contributed by atoms with Gasteiger partial charge in [0.2, 0.25) is 0 Å². The van der Waals surface area contributed by atoms with Gasteiger partial charge >= 0.3 is 0 Å². The fourth-order valence-corrected chi connectivity index (χ4v) is 2.73. The van der Waals surface area contributed by atoms with E-state index in [-0.39, 0.29) is 0 Å². The molecule has 1 aromatic carbocycles. The molecular weight excluding hydrogens is 222 g/mol. The zero-order valence-corrected chi connectivity index (χ0v) is 11.8. The third-order valence-electron chi connectivity index (χ3n) is 4.21. The number of rotatable bonds is 3. The van der Waals surface area contributed by atoms with Crippen LogP contribution < -0.4 is 10.5 Å². The molecular formula is C16H25NO.